The van der Waals surface area contributed by atoms with Crippen molar-refractivity contribution in [1.29, 1.82) is 0 Å². The number of ether oxygens (including phenoxy) is 1. The quantitative estimate of drug-likeness (QED) is 0.817. The van der Waals surface area contributed by atoms with E-state index in [0.29, 0.717) is 6.54 Å². The molecule has 6 nitrogen and oxygen atoms in total. The number of carbonyl (C=O) groups is 2. The lowest BCUT2D eigenvalue weighted by atomic mass is 9.66. The molecule has 2 N–H and O–H groups in total. The third-order valence-electron chi connectivity index (χ3n) is 4.25. The average Bonchev–Trinajstić information content (AvgIpc) is 2.35. The average molecular weight is 284 g/mol. The highest BCUT2D eigenvalue weighted by atomic mass is 16.6. The van der Waals surface area contributed by atoms with E-state index in [1.807, 2.05) is 0 Å². The van der Waals surface area contributed by atoms with Crippen LogP contribution in [0.25, 0.3) is 0 Å². The second-order valence-electron chi connectivity index (χ2n) is 6.87. The summed E-state index contributed by atoms with van der Waals surface area (Å²) in [6.45, 7) is 7.94. The van der Waals surface area contributed by atoms with Gasteiger partial charge >= 0.3 is 12.1 Å². The van der Waals surface area contributed by atoms with E-state index in [1.165, 1.54) is 0 Å². The van der Waals surface area contributed by atoms with Crippen molar-refractivity contribution in [2.45, 2.75) is 39.2 Å². The van der Waals surface area contributed by atoms with Gasteiger partial charge in [-0.1, -0.05) is 0 Å². The maximum atomic E-state index is 11.7. The maximum absolute atomic E-state index is 11.7. The molecule has 1 unspecified atom stereocenters. The van der Waals surface area contributed by atoms with E-state index in [4.69, 9.17) is 4.74 Å². The van der Waals surface area contributed by atoms with Gasteiger partial charge in [-0.3, -0.25) is 4.79 Å². The van der Waals surface area contributed by atoms with Gasteiger partial charge in [0.1, 0.15) is 11.0 Å². The van der Waals surface area contributed by atoms with Crippen LogP contribution < -0.4 is 5.32 Å². The molecule has 0 aromatic rings. The standard InChI is InChI=1S/C14H24N2O4/c1-13(2,3)20-12(19)15-8-14(11(17)18)9-16-6-4-10(14)5-7-16/h10H,4-9H2,1-3H3,(H,15,19)(H,17,18). The molecule has 3 aliphatic rings. The second kappa shape index (κ2) is 5.24. The van der Waals surface area contributed by atoms with Crippen LogP contribution in [0.15, 0.2) is 0 Å². The number of hydrogen-bond acceptors (Lipinski definition) is 4. The number of hydrogen-bond donors (Lipinski definition) is 2. The third-order valence-corrected chi connectivity index (χ3v) is 4.25. The van der Waals surface area contributed by atoms with Gasteiger partial charge in [-0.2, -0.15) is 0 Å². The second-order valence-corrected chi connectivity index (χ2v) is 6.87. The molecule has 0 aromatic carbocycles. The zero-order valence-corrected chi connectivity index (χ0v) is 12.4. The van der Waals surface area contributed by atoms with E-state index in [1.54, 1.807) is 20.8 Å². The van der Waals surface area contributed by atoms with Crippen LogP contribution >= 0.6 is 0 Å². The Morgan fingerprint density at radius 1 is 1.35 bits per heavy atom. The van der Waals surface area contributed by atoms with Gasteiger partial charge in [-0.05, 0) is 52.6 Å². The van der Waals surface area contributed by atoms with Crippen molar-refractivity contribution >= 4 is 12.1 Å². The number of piperidine rings is 3. The van der Waals surface area contributed by atoms with Gasteiger partial charge in [-0.15, -0.1) is 0 Å². The fraction of sp³-hybridized carbons (Fsp3) is 0.857. The maximum Gasteiger partial charge on any atom is 0.407 e. The number of nitrogens with zero attached hydrogens (tertiary/aromatic N) is 1. The molecule has 3 fully saturated rings. The highest BCUT2D eigenvalue weighted by molar-refractivity contribution is 5.77. The molecular weight excluding hydrogens is 260 g/mol. The first kappa shape index (κ1) is 15.1. The van der Waals surface area contributed by atoms with E-state index in [0.717, 1.165) is 25.9 Å². The van der Waals surface area contributed by atoms with Gasteiger partial charge in [0.2, 0.25) is 0 Å². The van der Waals surface area contributed by atoms with Gasteiger partial charge < -0.3 is 20.1 Å². The molecule has 2 bridgehead atoms. The lowest BCUT2D eigenvalue weighted by Gasteiger charge is -2.50. The molecule has 3 saturated heterocycles. The van der Waals surface area contributed by atoms with Crippen molar-refractivity contribution in [3.05, 3.63) is 0 Å². The number of nitrogens with one attached hydrogen (secondary N) is 1. The Bertz CT molecular complexity index is 396. The van der Waals surface area contributed by atoms with Gasteiger partial charge in [0, 0.05) is 13.1 Å². The monoisotopic (exact) mass is 284 g/mol. The van der Waals surface area contributed by atoms with E-state index in [2.05, 4.69) is 10.2 Å². The van der Waals surface area contributed by atoms with Crippen LogP contribution in [0, 0.1) is 11.3 Å². The Morgan fingerprint density at radius 2 is 1.95 bits per heavy atom. The fourth-order valence-corrected chi connectivity index (χ4v) is 3.23. The molecule has 114 valence electrons. The lowest BCUT2D eigenvalue weighted by Crippen LogP contribution is -2.62. The van der Waals surface area contributed by atoms with Crippen molar-refractivity contribution in [2.24, 2.45) is 11.3 Å². The Balaban J connectivity index is 2.01. The molecule has 6 heteroatoms. The van der Waals surface area contributed by atoms with Crippen LogP contribution in [0.2, 0.25) is 0 Å². The summed E-state index contributed by atoms with van der Waals surface area (Å²) in [4.78, 5) is 25.6. The summed E-state index contributed by atoms with van der Waals surface area (Å²) in [6, 6.07) is 0. The topological polar surface area (TPSA) is 78.9 Å². The summed E-state index contributed by atoms with van der Waals surface area (Å²) in [6.07, 6.45) is 1.24. The predicted octanol–water partition coefficient (Wildman–Crippen LogP) is 1.31. The van der Waals surface area contributed by atoms with Gasteiger partial charge in [-0.25, -0.2) is 4.79 Å². The van der Waals surface area contributed by atoms with Crippen molar-refractivity contribution in [3.8, 4) is 0 Å². The van der Waals surface area contributed by atoms with Crippen LogP contribution in [0.5, 0.6) is 0 Å². The molecule has 0 spiro atoms. The zero-order chi connectivity index (χ0) is 15.0. The number of aliphatic carboxylic acids is 1. The molecule has 0 radical (unpaired) electrons. The number of rotatable bonds is 3. The Kier molecular flexibility index (Phi) is 3.95. The molecule has 0 aromatic heterocycles. The smallest absolute Gasteiger partial charge is 0.407 e. The number of carbonyl (C=O) groups excluding carboxylic acids is 1. The lowest BCUT2D eigenvalue weighted by molar-refractivity contribution is -0.161. The molecular formula is C14H24N2O4. The molecule has 0 aliphatic carbocycles. The van der Waals surface area contributed by atoms with E-state index < -0.39 is 23.1 Å². The fourth-order valence-electron chi connectivity index (χ4n) is 3.23. The first-order valence-electron chi connectivity index (χ1n) is 7.15. The third kappa shape index (κ3) is 3.06. The van der Waals surface area contributed by atoms with E-state index in [-0.39, 0.29) is 12.5 Å². The number of carboxylic acid groups (broad SMARTS) is 1. The summed E-state index contributed by atoms with van der Waals surface area (Å²) in [7, 11) is 0. The summed E-state index contributed by atoms with van der Waals surface area (Å²) >= 11 is 0. The molecule has 1 amide bonds. The molecule has 1 atom stereocenters. The van der Waals surface area contributed by atoms with Crippen molar-refractivity contribution < 1.29 is 19.4 Å². The van der Waals surface area contributed by atoms with Crippen LogP contribution in [-0.4, -0.2) is 53.8 Å². The Hall–Kier alpha value is -1.30. The number of alkyl carbamates (subject to hydrolysis) is 1. The molecule has 0 saturated carbocycles. The molecule has 3 rings (SSSR count). The number of fused-ring (bicyclic) bond motifs is 3. The van der Waals surface area contributed by atoms with Crippen LogP contribution in [0.4, 0.5) is 4.79 Å². The highest BCUT2D eigenvalue weighted by Crippen LogP contribution is 2.42. The minimum atomic E-state index is -0.868. The minimum Gasteiger partial charge on any atom is -0.481 e. The SMILES string of the molecule is CC(C)(C)OC(=O)NCC1(C(=O)O)CN2CCC1CC2. The van der Waals surface area contributed by atoms with Crippen LogP contribution in [-0.2, 0) is 9.53 Å². The van der Waals surface area contributed by atoms with Crippen molar-refractivity contribution in [1.82, 2.24) is 10.2 Å². The normalized spacial score (nSPS) is 32.8. The minimum absolute atomic E-state index is 0.137. The predicted molar refractivity (Wildman–Crippen MR) is 73.5 cm³/mol. The summed E-state index contributed by atoms with van der Waals surface area (Å²) < 4.78 is 5.18. The number of amides is 1. The van der Waals surface area contributed by atoms with Crippen LogP contribution in [0.3, 0.4) is 0 Å². The zero-order valence-electron chi connectivity index (χ0n) is 12.4. The van der Waals surface area contributed by atoms with Gasteiger partial charge in [0.25, 0.3) is 0 Å². The van der Waals surface area contributed by atoms with E-state index in [9.17, 15) is 14.7 Å². The number of carboxylic acids is 1. The van der Waals surface area contributed by atoms with Gasteiger partial charge in [0.15, 0.2) is 0 Å². The molecule has 20 heavy (non-hydrogen) atoms. The largest absolute Gasteiger partial charge is 0.481 e. The summed E-state index contributed by atoms with van der Waals surface area (Å²) in [5, 5.41) is 12.3. The van der Waals surface area contributed by atoms with E-state index >= 15 is 0 Å². The summed E-state index contributed by atoms with van der Waals surface area (Å²) in [5.41, 5.74) is -1.44. The van der Waals surface area contributed by atoms with Crippen molar-refractivity contribution in [2.75, 3.05) is 26.2 Å². The van der Waals surface area contributed by atoms with Crippen LogP contribution in [0.1, 0.15) is 33.6 Å². The Morgan fingerprint density at radius 3 is 2.35 bits per heavy atom. The first-order valence-corrected chi connectivity index (χ1v) is 7.15. The van der Waals surface area contributed by atoms with Gasteiger partial charge in [0.05, 0.1) is 0 Å². The Labute approximate surface area is 119 Å². The summed E-state index contributed by atoms with van der Waals surface area (Å²) in [5.74, 6) is -0.678. The molecule has 3 heterocycles. The first-order chi connectivity index (χ1) is 9.23. The van der Waals surface area contributed by atoms with Crippen molar-refractivity contribution in [3.63, 3.8) is 0 Å². The highest BCUT2D eigenvalue weighted by Gasteiger charge is 2.52. The molecule has 3 aliphatic heterocycles.